The van der Waals surface area contributed by atoms with Crippen molar-refractivity contribution in [2.45, 2.75) is 13.0 Å². The average Bonchev–Trinajstić information content (AvgIpc) is 2.37. The minimum atomic E-state index is -0.339. The molecule has 1 unspecified atom stereocenters. The van der Waals surface area contributed by atoms with Crippen LogP contribution in [0.2, 0.25) is 0 Å². The van der Waals surface area contributed by atoms with Gasteiger partial charge in [-0.15, -0.1) is 0 Å². The normalized spacial score (nSPS) is 12.5. The van der Waals surface area contributed by atoms with Gasteiger partial charge in [0, 0.05) is 4.47 Å². The third-order valence-corrected chi connectivity index (χ3v) is 3.64. The number of aryl methyl sites for hydroxylation is 1. The van der Waals surface area contributed by atoms with Crippen LogP contribution in [0.25, 0.3) is 0 Å². The molecule has 0 amide bonds. The lowest BCUT2D eigenvalue weighted by molar-refractivity contribution is 0.603. The zero-order valence-electron chi connectivity index (χ0n) is 10.3. The van der Waals surface area contributed by atoms with Crippen LogP contribution in [0.15, 0.2) is 40.9 Å². The predicted molar refractivity (Wildman–Crippen MR) is 74.4 cm³/mol. The average molecular weight is 327 g/mol. The summed E-state index contributed by atoms with van der Waals surface area (Å²) in [5.41, 5.74) is 4.81. The van der Waals surface area contributed by atoms with E-state index in [1.165, 1.54) is 18.2 Å². The van der Waals surface area contributed by atoms with E-state index >= 15 is 0 Å². The second-order valence-electron chi connectivity index (χ2n) is 4.27. The van der Waals surface area contributed by atoms with Gasteiger partial charge >= 0.3 is 0 Å². The first kappa shape index (κ1) is 14.1. The van der Waals surface area contributed by atoms with Crippen LogP contribution in [0.3, 0.4) is 0 Å². The summed E-state index contributed by atoms with van der Waals surface area (Å²) in [6.45, 7) is 1.69. The van der Waals surface area contributed by atoms with E-state index < -0.39 is 0 Å². The van der Waals surface area contributed by atoms with Crippen molar-refractivity contribution in [3.05, 3.63) is 69.2 Å². The number of hydrazine groups is 1. The van der Waals surface area contributed by atoms with Crippen molar-refractivity contribution in [2.24, 2.45) is 5.84 Å². The number of benzene rings is 2. The molecular weight excluding hydrogens is 314 g/mol. The third kappa shape index (κ3) is 3.00. The Labute approximate surface area is 118 Å². The summed E-state index contributed by atoms with van der Waals surface area (Å²) in [5.74, 6) is 4.98. The summed E-state index contributed by atoms with van der Waals surface area (Å²) in [6.07, 6.45) is 0. The van der Waals surface area contributed by atoms with E-state index in [0.29, 0.717) is 10.0 Å². The van der Waals surface area contributed by atoms with Gasteiger partial charge in [-0.2, -0.15) is 0 Å². The molecular formula is C14H13BrF2N2. The zero-order chi connectivity index (χ0) is 14.0. The number of nitrogens with two attached hydrogens (primary N) is 1. The van der Waals surface area contributed by atoms with Crippen molar-refractivity contribution in [2.75, 3.05) is 0 Å². The van der Waals surface area contributed by atoms with Crippen molar-refractivity contribution in [1.29, 1.82) is 0 Å². The number of nitrogens with one attached hydrogen (secondary N) is 1. The lowest BCUT2D eigenvalue weighted by Crippen LogP contribution is -2.29. The highest BCUT2D eigenvalue weighted by atomic mass is 79.9. The largest absolute Gasteiger partial charge is 0.271 e. The van der Waals surface area contributed by atoms with Crippen LogP contribution in [-0.2, 0) is 0 Å². The highest BCUT2D eigenvalue weighted by Crippen LogP contribution is 2.29. The third-order valence-electron chi connectivity index (χ3n) is 2.96. The molecule has 0 heterocycles. The minimum absolute atomic E-state index is 0.266. The maximum atomic E-state index is 13.3. The maximum absolute atomic E-state index is 13.3. The fourth-order valence-electron chi connectivity index (χ4n) is 1.95. The second-order valence-corrected chi connectivity index (χ2v) is 5.13. The summed E-state index contributed by atoms with van der Waals surface area (Å²) >= 11 is 3.31. The molecule has 3 N–H and O–H groups in total. The van der Waals surface area contributed by atoms with Gasteiger partial charge in [0.2, 0.25) is 0 Å². The van der Waals surface area contributed by atoms with Crippen molar-refractivity contribution in [1.82, 2.24) is 5.43 Å². The van der Waals surface area contributed by atoms with Crippen LogP contribution in [0.5, 0.6) is 0 Å². The molecule has 0 aliphatic carbocycles. The zero-order valence-corrected chi connectivity index (χ0v) is 11.8. The second kappa shape index (κ2) is 5.77. The van der Waals surface area contributed by atoms with Gasteiger partial charge < -0.3 is 0 Å². The summed E-state index contributed by atoms with van der Waals surface area (Å²) < 4.78 is 27.0. The van der Waals surface area contributed by atoms with Crippen molar-refractivity contribution in [3.63, 3.8) is 0 Å². The monoisotopic (exact) mass is 326 g/mol. The van der Waals surface area contributed by atoms with Gasteiger partial charge in [-0.3, -0.25) is 5.84 Å². The van der Waals surface area contributed by atoms with Crippen molar-refractivity contribution >= 4 is 15.9 Å². The number of hydrogen-bond donors (Lipinski definition) is 2. The van der Waals surface area contributed by atoms with Gasteiger partial charge in [-0.1, -0.05) is 34.1 Å². The summed E-state index contributed by atoms with van der Waals surface area (Å²) in [7, 11) is 0. The lowest BCUT2D eigenvalue weighted by atomic mass is 9.98. The van der Waals surface area contributed by atoms with Crippen LogP contribution in [0.1, 0.15) is 22.7 Å². The molecule has 0 spiro atoms. The molecule has 0 saturated carbocycles. The molecule has 0 fully saturated rings. The Bertz CT molecular complexity index is 602. The van der Waals surface area contributed by atoms with E-state index in [9.17, 15) is 8.78 Å². The molecule has 2 aromatic rings. The summed E-state index contributed by atoms with van der Waals surface area (Å²) in [6, 6.07) is 8.80. The van der Waals surface area contributed by atoms with E-state index in [1.807, 2.05) is 0 Å². The molecule has 0 aromatic heterocycles. The first-order valence-corrected chi connectivity index (χ1v) is 6.49. The molecule has 2 rings (SSSR count). The Morgan fingerprint density at radius 2 is 1.89 bits per heavy atom. The molecule has 0 aliphatic heterocycles. The number of halogens is 3. The van der Waals surface area contributed by atoms with Gasteiger partial charge in [0.25, 0.3) is 0 Å². The first-order valence-electron chi connectivity index (χ1n) is 5.70. The minimum Gasteiger partial charge on any atom is -0.271 e. The van der Waals surface area contributed by atoms with E-state index in [1.54, 1.807) is 25.1 Å². The van der Waals surface area contributed by atoms with Crippen molar-refractivity contribution < 1.29 is 8.78 Å². The Hall–Kier alpha value is -1.30. The topological polar surface area (TPSA) is 38.0 Å². The van der Waals surface area contributed by atoms with Crippen LogP contribution in [0.4, 0.5) is 8.78 Å². The van der Waals surface area contributed by atoms with Gasteiger partial charge in [0.15, 0.2) is 0 Å². The van der Waals surface area contributed by atoms with E-state index in [2.05, 4.69) is 21.4 Å². The summed E-state index contributed by atoms with van der Waals surface area (Å²) in [5, 5.41) is 0. The van der Waals surface area contributed by atoms with Gasteiger partial charge in [-0.05, 0) is 41.8 Å². The Morgan fingerprint density at radius 3 is 2.47 bits per heavy atom. The molecule has 19 heavy (non-hydrogen) atoms. The highest BCUT2D eigenvalue weighted by molar-refractivity contribution is 9.10. The molecule has 2 nitrogen and oxygen atoms in total. The van der Waals surface area contributed by atoms with Crippen LogP contribution in [0, 0.1) is 18.6 Å². The highest BCUT2D eigenvalue weighted by Gasteiger charge is 2.16. The van der Waals surface area contributed by atoms with E-state index in [-0.39, 0.29) is 17.7 Å². The Kier molecular flexibility index (Phi) is 4.29. The number of rotatable bonds is 3. The smallest absolute Gasteiger partial charge is 0.126 e. The molecule has 5 heteroatoms. The molecule has 2 aromatic carbocycles. The standard InChI is InChI=1S/C14H13BrF2N2/c1-8-6-9(2-5-13(8)17)14(19-18)11-4-3-10(16)7-12(11)15/h2-7,14,19H,18H2,1H3. The maximum Gasteiger partial charge on any atom is 0.126 e. The van der Waals surface area contributed by atoms with Crippen LogP contribution in [-0.4, -0.2) is 0 Å². The molecule has 0 aliphatic rings. The van der Waals surface area contributed by atoms with Gasteiger partial charge in [0.1, 0.15) is 11.6 Å². The van der Waals surface area contributed by atoms with Crippen molar-refractivity contribution in [3.8, 4) is 0 Å². The van der Waals surface area contributed by atoms with Gasteiger partial charge in [-0.25, -0.2) is 14.2 Å². The fraction of sp³-hybridized carbons (Fsp3) is 0.143. The predicted octanol–water partition coefficient (Wildman–Crippen LogP) is 3.59. The first-order chi connectivity index (χ1) is 9.02. The molecule has 0 saturated heterocycles. The molecule has 100 valence electrons. The van der Waals surface area contributed by atoms with Crippen LogP contribution >= 0.6 is 15.9 Å². The van der Waals surface area contributed by atoms with Crippen LogP contribution < -0.4 is 11.3 Å². The SMILES string of the molecule is Cc1cc(C(NN)c2ccc(F)cc2Br)ccc1F. The van der Waals surface area contributed by atoms with E-state index in [0.717, 1.165) is 11.1 Å². The molecule has 0 bridgehead atoms. The fourth-order valence-corrected chi connectivity index (χ4v) is 2.53. The Balaban J connectivity index is 2.46. The van der Waals surface area contributed by atoms with Gasteiger partial charge in [0.05, 0.1) is 6.04 Å². The lowest BCUT2D eigenvalue weighted by Gasteiger charge is -2.19. The Morgan fingerprint density at radius 1 is 1.16 bits per heavy atom. The quantitative estimate of drug-likeness (QED) is 0.668. The molecule has 1 atom stereocenters. The molecule has 0 radical (unpaired) electrons. The summed E-state index contributed by atoms with van der Waals surface area (Å²) in [4.78, 5) is 0. The number of hydrogen-bond acceptors (Lipinski definition) is 2. The van der Waals surface area contributed by atoms with E-state index in [4.69, 9.17) is 5.84 Å².